The highest BCUT2D eigenvalue weighted by atomic mass is 19.1. The Morgan fingerprint density at radius 3 is 2.30 bits per heavy atom. The largest absolute Gasteiger partial charge is 0.339 e. The van der Waals surface area contributed by atoms with Gasteiger partial charge in [-0.2, -0.15) is 0 Å². The molecule has 0 N–H and O–H groups in total. The summed E-state index contributed by atoms with van der Waals surface area (Å²) in [4.78, 5) is 26.0. The normalized spacial score (nSPS) is 15.0. The van der Waals surface area contributed by atoms with Crippen molar-refractivity contribution in [1.29, 1.82) is 0 Å². The highest BCUT2D eigenvalue weighted by Crippen LogP contribution is 2.31. The molecule has 1 aliphatic rings. The van der Waals surface area contributed by atoms with E-state index in [2.05, 4.69) is 28.7 Å². The number of hydrogen-bond donors (Lipinski definition) is 0. The molecule has 7 heteroatoms. The molecule has 3 heterocycles. The second kappa shape index (κ2) is 8.75. The quantitative estimate of drug-likeness (QED) is 0.651. The Bertz CT molecular complexity index is 992. The van der Waals surface area contributed by atoms with Gasteiger partial charge in [-0.05, 0) is 50.2 Å². The Hall–Kier alpha value is -3.06. The third-order valence-corrected chi connectivity index (χ3v) is 5.61. The number of rotatable bonds is 5. The zero-order valence-corrected chi connectivity index (χ0v) is 17.3. The van der Waals surface area contributed by atoms with E-state index in [0.29, 0.717) is 6.04 Å². The Labute approximate surface area is 176 Å². The van der Waals surface area contributed by atoms with Crippen LogP contribution in [-0.4, -0.2) is 62.5 Å². The lowest BCUT2D eigenvalue weighted by molar-refractivity contribution is -0.133. The minimum Gasteiger partial charge on any atom is -0.339 e. The zero-order chi connectivity index (χ0) is 21.1. The number of pyridine rings is 1. The predicted molar refractivity (Wildman–Crippen MR) is 114 cm³/mol. The molecular weight excluding hydrogens is 381 g/mol. The molecule has 1 amide bonds. The molecule has 1 saturated heterocycles. The maximum absolute atomic E-state index is 13.4. The van der Waals surface area contributed by atoms with Crippen LogP contribution in [0.4, 0.5) is 4.39 Å². The molecule has 30 heavy (non-hydrogen) atoms. The van der Waals surface area contributed by atoms with E-state index in [-0.39, 0.29) is 18.3 Å². The number of nitrogens with zero attached hydrogens (tertiary/aromatic N) is 5. The highest BCUT2D eigenvalue weighted by molar-refractivity contribution is 5.81. The van der Waals surface area contributed by atoms with Gasteiger partial charge in [-0.25, -0.2) is 9.37 Å². The minimum atomic E-state index is -0.292. The Kier molecular flexibility index (Phi) is 5.90. The van der Waals surface area contributed by atoms with Crippen LogP contribution in [0.5, 0.6) is 0 Å². The monoisotopic (exact) mass is 407 g/mol. The van der Waals surface area contributed by atoms with Crippen LogP contribution in [0.2, 0.25) is 0 Å². The number of piperazine rings is 1. The summed E-state index contributed by atoms with van der Waals surface area (Å²) in [5, 5.41) is 0. The van der Waals surface area contributed by atoms with Crippen molar-refractivity contribution >= 4 is 5.91 Å². The standard InChI is InChI=1S/C23H26FN5O/c1-17(2)27-11-13-28(14-12-27)21(30)15-29-16-26-22(18-3-5-20(24)6-4-18)23(29)19-7-9-25-10-8-19/h3-10,16-17H,11-15H2,1-2H3. The molecule has 156 valence electrons. The second-order valence-corrected chi connectivity index (χ2v) is 7.82. The van der Waals surface area contributed by atoms with Crippen molar-refractivity contribution in [3.63, 3.8) is 0 Å². The SMILES string of the molecule is CC(C)N1CCN(C(=O)Cn2cnc(-c3ccc(F)cc3)c2-c2ccncc2)CC1. The molecule has 0 unspecified atom stereocenters. The van der Waals surface area contributed by atoms with Crippen molar-refractivity contribution in [2.24, 2.45) is 0 Å². The molecule has 4 rings (SSSR count). The van der Waals surface area contributed by atoms with E-state index in [9.17, 15) is 9.18 Å². The van der Waals surface area contributed by atoms with Gasteiger partial charge < -0.3 is 9.47 Å². The number of benzene rings is 1. The van der Waals surface area contributed by atoms with E-state index in [1.165, 1.54) is 12.1 Å². The van der Waals surface area contributed by atoms with E-state index >= 15 is 0 Å². The van der Waals surface area contributed by atoms with E-state index in [1.807, 2.05) is 21.6 Å². The van der Waals surface area contributed by atoms with Gasteiger partial charge in [-0.1, -0.05) is 0 Å². The topological polar surface area (TPSA) is 54.3 Å². The molecule has 0 saturated carbocycles. The van der Waals surface area contributed by atoms with Crippen LogP contribution in [0.25, 0.3) is 22.5 Å². The number of carbonyl (C=O) groups excluding carboxylic acids is 1. The van der Waals surface area contributed by atoms with Gasteiger partial charge in [0.2, 0.25) is 5.91 Å². The van der Waals surface area contributed by atoms with Crippen molar-refractivity contribution < 1.29 is 9.18 Å². The van der Waals surface area contributed by atoms with Crippen LogP contribution in [-0.2, 0) is 11.3 Å². The first-order valence-corrected chi connectivity index (χ1v) is 10.3. The fourth-order valence-corrected chi connectivity index (χ4v) is 3.87. The molecule has 0 atom stereocenters. The highest BCUT2D eigenvalue weighted by Gasteiger charge is 2.24. The first-order chi connectivity index (χ1) is 14.5. The Morgan fingerprint density at radius 1 is 1.00 bits per heavy atom. The smallest absolute Gasteiger partial charge is 0.242 e. The number of carbonyl (C=O) groups is 1. The number of halogens is 1. The molecular formula is C23H26FN5O. The molecule has 1 aliphatic heterocycles. The van der Waals surface area contributed by atoms with Crippen molar-refractivity contribution in [3.05, 3.63) is 60.9 Å². The molecule has 1 fully saturated rings. The van der Waals surface area contributed by atoms with Crippen LogP contribution in [0.1, 0.15) is 13.8 Å². The lowest BCUT2D eigenvalue weighted by atomic mass is 10.1. The van der Waals surface area contributed by atoms with E-state index in [1.54, 1.807) is 30.9 Å². The maximum Gasteiger partial charge on any atom is 0.242 e. The van der Waals surface area contributed by atoms with E-state index < -0.39 is 0 Å². The predicted octanol–water partition coefficient (Wildman–Crippen LogP) is 3.30. The lowest BCUT2D eigenvalue weighted by Crippen LogP contribution is -2.51. The van der Waals surface area contributed by atoms with Crippen LogP contribution < -0.4 is 0 Å². The molecule has 6 nitrogen and oxygen atoms in total. The molecule has 1 aromatic carbocycles. The van der Waals surface area contributed by atoms with Gasteiger partial charge >= 0.3 is 0 Å². The summed E-state index contributed by atoms with van der Waals surface area (Å²) in [7, 11) is 0. The van der Waals surface area contributed by atoms with Crippen LogP contribution >= 0.6 is 0 Å². The fraction of sp³-hybridized carbons (Fsp3) is 0.348. The van der Waals surface area contributed by atoms with Gasteiger partial charge in [0, 0.05) is 55.7 Å². The average molecular weight is 407 g/mol. The van der Waals surface area contributed by atoms with Crippen molar-refractivity contribution in [2.45, 2.75) is 26.4 Å². The van der Waals surface area contributed by atoms with Gasteiger partial charge in [-0.3, -0.25) is 14.7 Å². The van der Waals surface area contributed by atoms with Gasteiger partial charge in [-0.15, -0.1) is 0 Å². The summed E-state index contributed by atoms with van der Waals surface area (Å²) in [6, 6.07) is 10.5. The van der Waals surface area contributed by atoms with Crippen molar-refractivity contribution in [1.82, 2.24) is 24.3 Å². The third kappa shape index (κ3) is 4.26. The number of imidazole rings is 1. The van der Waals surface area contributed by atoms with Crippen LogP contribution in [0.15, 0.2) is 55.1 Å². The maximum atomic E-state index is 13.4. The Balaban J connectivity index is 1.61. The van der Waals surface area contributed by atoms with Crippen LogP contribution in [0, 0.1) is 5.82 Å². The summed E-state index contributed by atoms with van der Waals surface area (Å²) in [5.74, 6) is -0.212. The fourth-order valence-electron chi connectivity index (χ4n) is 3.87. The summed E-state index contributed by atoms with van der Waals surface area (Å²) in [6.07, 6.45) is 5.12. The first kappa shape index (κ1) is 20.2. The second-order valence-electron chi connectivity index (χ2n) is 7.82. The summed E-state index contributed by atoms with van der Waals surface area (Å²) >= 11 is 0. The van der Waals surface area contributed by atoms with Gasteiger partial charge in [0.05, 0.1) is 17.7 Å². The minimum absolute atomic E-state index is 0.0803. The zero-order valence-electron chi connectivity index (χ0n) is 17.3. The number of amides is 1. The third-order valence-electron chi connectivity index (χ3n) is 5.61. The van der Waals surface area contributed by atoms with Crippen LogP contribution in [0.3, 0.4) is 0 Å². The average Bonchev–Trinajstić information content (AvgIpc) is 3.18. The summed E-state index contributed by atoms with van der Waals surface area (Å²) in [6.45, 7) is 7.84. The molecule has 2 aromatic heterocycles. The summed E-state index contributed by atoms with van der Waals surface area (Å²) in [5.41, 5.74) is 3.27. The van der Waals surface area contributed by atoms with Gasteiger partial charge in [0.15, 0.2) is 0 Å². The lowest BCUT2D eigenvalue weighted by Gasteiger charge is -2.37. The van der Waals surface area contributed by atoms with Crippen molar-refractivity contribution in [2.75, 3.05) is 26.2 Å². The molecule has 0 aliphatic carbocycles. The van der Waals surface area contributed by atoms with E-state index in [0.717, 1.165) is 48.7 Å². The molecule has 3 aromatic rings. The number of hydrogen-bond acceptors (Lipinski definition) is 4. The number of aromatic nitrogens is 3. The van der Waals surface area contributed by atoms with Crippen molar-refractivity contribution in [3.8, 4) is 22.5 Å². The molecule has 0 radical (unpaired) electrons. The van der Waals surface area contributed by atoms with E-state index in [4.69, 9.17) is 0 Å². The summed E-state index contributed by atoms with van der Waals surface area (Å²) < 4.78 is 15.3. The van der Waals surface area contributed by atoms with Gasteiger partial charge in [0.25, 0.3) is 0 Å². The molecule has 0 spiro atoms. The molecule has 0 bridgehead atoms. The van der Waals surface area contributed by atoms with Gasteiger partial charge in [0.1, 0.15) is 12.4 Å². The first-order valence-electron chi connectivity index (χ1n) is 10.3. The Morgan fingerprint density at radius 2 is 1.67 bits per heavy atom.